The molecule has 23 heavy (non-hydrogen) atoms. The zero-order chi connectivity index (χ0) is 17.2. The third-order valence-electron chi connectivity index (χ3n) is 3.07. The lowest BCUT2D eigenvalue weighted by atomic mass is 10.2. The Morgan fingerprint density at radius 2 is 1.74 bits per heavy atom. The molecule has 0 atom stereocenters. The van der Waals surface area contributed by atoms with Gasteiger partial charge in [0.25, 0.3) is 0 Å². The molecule has 0 saturated heterocycles. The van der Waals surface area contributed by atoms with Crippen LogP contribution in [0.15, 0.2) is 22.1 Å². The van der Waals surface area contributed by atoms with Crippen molar-refractivity contribution in [1.29, 1.82) is 0 Å². The molecule has 0 bridgehead atoms. The SMILES string of the molecule is CCCCN=C(C)N=C(N)Nc1cc(OC)c(OC)c(OC)c1. The summed E-state index contributed by atoms with van der Waals surface area (Å²) in [6.45, 7) is 4.69. The van der Waals surface area contributed by atoms with Gasteiger partial charge in [-0.15, -0.1) is 0 Å². The number of benzene rings is 1. The van der Waals surface area contributed by atoms with Crippen LogP contribution in [-0.4, -0.2) is 39.7 Å². The zero-order valence-corrected chi connectivity index (χ0v) is 14.5. The standard InChI is InChI=1S/C16H26N4O3/c1-6-7-8-18-11(2)19-16(17)20-12-9-13(21-3)15(23-5)14(10-12)22-4/h9-10H,6-8H2,1-5H3,(H3,17,18,19,20). The summed E-state index contributed by atoms with van der Waals surface area (Å²) in [5.41, 5.74) is 6.59. The van der Waals surface area contributed by atoms with E-state index in [1.807, 2.05) is 6.92 Å². The molecule has 0 saturated carbocycles. The molecule has 1 aromatic rings. The zero-order valence-electron chi connectivity index (χ0n) is 14.5. The van der Waals surface area contributed by atoms with Crippen LogP contribution in [0.3, 0.4) is 0 Å². The molecule has 7 nitrogen and oxygen atoms in total. The number of aliphatic imine (C=N–C) groups is 2. The van der Waals surface area contributed by atoms with Gasteiger partial charge in [-0.1, -0.05) is 13.3 Å². The fourth-order valence-corrected chi connectivity index (χ4v) is 1.94. The highest BCUT2D eigenvalue weighted by molar-refractivity contribution is 6.01. The summed E-state index contributed by atoms with van der Waals surface area (Å²) in [6.07, 6.45) is 2.13. The van der Waals surface area contributed by atoms with Crippen molar-refractivity contribution in [3.8, 4) is 17.2 Å². The van der Waals surface area contributed by atoms with Gasteiger partial charge in [0.1, 0.15) is 5.84 Å². The second-order valence-corrected chi connectivity index (χ2v) is 4.82. The average Bonchev–Trinajstić information content (AvgIpc) is 2.53. The van der Waals surface area contributed by atoms with Gasteiger partial charge in [-0.05, 0) is 13.3 Å². The quantitative estimate of drug-likeness (QED) is 0.457. The van der Waals surface area contributed by atoms with Gasteiger partial charge in [-0.2, -0.15) is 0 Å². The number of nitrogens with zero attached hydrogens (tertiary/aromatic N) is 2. The molecule has 3 N–H and O–H groups in total. The summed E-state index contributed by atoms with van der Waals surface area (Å²) in [5.74, 6) is 2.48. The second-order valence-electron chi connectivity index (χ2n) is 4.82. The number of unbranched alkanes of at least 4 members (excludes halogenated alkanes) is 1. The van der Waals surface area contributed by atoms with E-state index in [1.165, 1.54) is 0 Å². The first kappa shape index (κ1) is 18.6. The fourth-order valence-electron chi connectivity index (χ4n) is 1.94. The average molecular weight is 322 g/mol. The molecule has 0 aromatic heterocycles. The van der Waals surface area contributed by atoms with Crippen LogP contribution in [0.2, 0.25) is 0 Å². The van der Waals surface area contributed by atoms with Crippen LogP contribution >= 0.6 is 0 Å². The first-order valence-electron chi connectivity index (χ1n) is 7.47. The van der Waals surface area contributed by atoms with Gasteiger partial charge in [-0.25, -0.2) is 4.99 Å². The first-order valence-corrected chi connectivity index (χ1v) is 7.47. The van der Waals surface area contributed by atoms with Gasteiger partial charge in [0, 0.05) is 24.4 Å². The van der Waals surface area contributed by atoms with Crippen molar-refractivity contribution >= 4 is 17.5 Å². The topological polar surface area (TPSA) is 90.5 Å². The molecule has 0 heterocycles. The predicted molar refractivity (Wildman–Crippen MR) is 94.2 cm³/mol. The molecule has 0 aliphatic carbocycles. The molecule has 0 radical (unpaired) electrons. The Morgan fingerprint density at radius 1 is 1.13 bits per heavy atom. The highest BCUT2D eigenvalue weighted by Gasteiger charge is 2.13. The maximum atomic E-state index is 5.91. The summed E-state index contributed by atoms with van der Waals surface area (Å²) >= 11 is 0. The van der Waals surface area contributed by atoms with Crippen molar-refractivity contribution < 1.29 is 14.2 Å². The van der Waals surface area contributed by atoms with Gasteiger partial charge < -0.3 is 25.3 Å². The molecule has 0 aliphatic rings. The maximum absolute atomic E-state index is 5.91. The lowest BCUT2D eigenvalue weighted by molar-refractivity contribution is 0.324. The van der Waals surface area contributed by atoms with E-state index in [1.54, 1.807) is 33.5 Å². The van der Waals surface area contributed by atoms with Crippen molar-refractivity contribution in [2.45, 2.75) is 26.7 Å². The smallest absolute Gasteiger partial charge is 0.203 e. The number of nitrogens with two attached hydrogens (primary N) is 1. The number of rotatable bonds is 7. The number of guanidine groups is 1. The van der Waals surface area contributed by atoms with E-state index in [-0.39, 0.29) is 5.96 Å². The van der Waals surface area contributed by atoms with E-state index in [4.69, 9.17) is 19.9 Å². The minimum Gasteiger partial charge on any atom is -0.493 e. The van der Waals surface area contributed by atoms with Crippen LogP contribution in [0.25, 0.3) is 0 Å². The summed E-state index contributed by atoms with van der Waals surface area (Å²) in [7, 11) is 4.67. The number of hydrogen-bond donors (Lipinski definition) is 2. The highest BCUT2D eigenvalue weighted by Crippen LogP contribution is 2.39. The number of hydrogen-bond acceptors (Lipinski definition) is 4. The molecule has 1 rings (SSSR count). The van der Waals surface area contributed by atoms with Gasteiger partial charge in [0.2, 0.25) is 5.75 Å². The highest BCUT2D eigenvalue weighted by atomic mass is 16.5. The summed E-state index contributed by atoms with van der Waals surface area (Å²) < 4.78 is 15.9. The van der Waals surface area contributed by atoms with Crippen molar-refractivity contribution in [3.05, 3.63) is 12.1 Å². The lowest BCUT2D eigenvalue weighted by Crippen LogP contribution is -2.23. The van der Waals surface area contributed by atoms with Crippen molar-refractivity contribution in [2.75, 3.05) is 33.2 Å². The Balaban J connectivity index is 2.93. The Hall–Kier alpha value is -2.44. The largest absolute Gasteiger partial charge is 0.493 e. The normalized spacial score (nSPS) is 12.0. The maximum Gasteiger partial charge on any atom is 0.203 e. The molecule has 0 fully saturated rings. The fraction of sp³-hybridized carbons (Fsp3) is 0.500. The van der Waals surface area contributed by atoms with Crippen molar-refractivity contribution in [1.82, 2.24) is 0 Å². The molecule has 0 aliphatic heterocycles. The Morgan fingerprint density at radius 3 is 2.22 bits per heavy atom. The van der Waals surface area contributed by atoms with Gasteiger partial charge in [-0.3, -0.25) is 4.99 Å². The van der Waals surface area contributed by atoms with Crippen LogP contribution in [0, 0.1) is 0 Å². The first-order chi connectivity index (χ1) is 11.0. The number of nitrogens with one attached hydrogen (secondary N) is 1. The van der Waals surface area contributed by atoms with Crippen LogP contribution < -0.4 is 25.3 Å². The molecule has 0 spiro atoms. The Bertz CT molecular complexity index is 545. The molecule has 0 unspecified atom stereocenters. The van der Waals surface area contributed by atoms with Crippen LogP contribution in [0.4, 0.5) is 5.69 Å². The van der Waals surface area contributed by atoms with Crippen molar-refractivity contribution in [3.63, 3.8) is 0 Å². The third-order valence-corrected chi connectivity index (χ3v) is 3.07. The Labute approximate surface area is 137 Å². The number of ether oxygens (including phenoxy) is 3. The van der Waals surface area contributed by atoms with Gasteiger partial charge in [0.15, 0.2) is 17.5 Å². The van der Waals surface area contributed by atoms with Crippen LogP contribution in [-0.2, 0) is 0 Å². The number of anilines is 1. The van der Waals surface area contributed by atoms with E-state index >= 15 is 0 Å². The molecule has 128 valence electrons. The lowest BCUT2D eigenvalue weighted by Gasteiger charge is -2.14. The van der Waals surface area contributed by atoms with E-state index in [0.29, 0.717) is 28.8 Å². The Kier molecular flexibility index (Phi) is 7.73. The third kappa shape index (κ3) is 5.69. The van der Waals surface area contributed by atoms with Crippen LogP contribution in [0.1, 0.15) is 26.7 Å². The van der Waals surface area contributed by atoms with Crippen molar-refractivity contribution in [2.24, 2.45) is 15.7 Å². The van der Waals surface area contributed by atoms with E-state index in [0.717, 1.165) is 19.4 Å². The minimum absolute atomic E-state index is 0.247. The summed E-state index contributed by atoms with van der Waals surface area (Å²) in [5, 5.41) is 3.00. The monoisotopic (exact) mass is 322 g/mol. The van der Waals surface area contributed by atoms with E-state index in [2.05, 4.69) is 22.2 Å². The van der Waals surface area contributed by atoms with Gasteiger partial charge in [0.05, 0.1) is 21.3 Å². The van der Waals surface area contributed by atoms with Gasteiger partial charge >= 0.3 is 0 Å². The predicted octanol–water partition coefficient (Wildman–Crippen LogP) is 2.66. The van der Waals surface area contributed by atoms with E-state index in [9.17, 15) is 0 Å². The summed E-state index contributed by atoms with van der Waals surface area (Å²) in [6, 6.07) is 3.51. The molecule has 0 amide bonds. The number of amidine groups is 1. The molecule has 7 heteroatoms. The minimum atomic E-state index is 0.247. The molecular weight excluding hydrogens is 296 g/mol. The molecular formula is C16H26N4O3. The number of methoxy groups -OCH3 is 3. The second kappa shape index (κ2) is 9.55. The van der Waals surface area contributed by atoms with E-state index < -0.39 is 0 Å². The molecule has 1 aromatic carbocycles. The van der Waals surface area contributed by atoms with Crippen LogP contribution in [0.5, 0.6) is 17.2 Å². The summed E-state index contributed by atoms with van der Waals surface area (Å²) in [4.78, 5) is 8.55.